The molecule has 4 heteroatoms. The zero-order valence-electron chi connectivity index (χ0n) is 16.9. The van der Waals surface area contributed by atoms with Gasteiger partial charge in [0.2, 0.25) is 0 Å². The Hall–Kier alpha value is -0.420. The molecule has 0 radical (unpaired) electrons. The molecule has 0 amide bonds. The summed E-state index contributed by atoms with van der Waals surface area (Å²) in [6.07, 6.45) is 12.0. The Morgan fingerprint density at radius 3 is 2.30 bits per heavy atom. The first-order chi connectivity index (χ1) is 13.0. The van der Waals surface area contributed by atoms with Crippen molar-refractivity contribution in [2.75, 3.05) is 26.4 Å². The van der Waals surface area contributed by atoms with Gasteiger partial charge >= 0.3 is 0 Å². The molecule has 0 bridgehead atoms. The van der Waals surface area contributed by atoms with Gasteiger partial charge in [0.1, 0.15) is 0 Å². The van der Waals surface area contributed by atoms with Crippen LogP contribution in [-0.2, 0) is 18.9 Å². The maximum Gasteiger partial charge on any atom is 0.174 e. The second kappa shape index (κ2) is 5.59. The maximum absolute atomic E-state index is 6.28. The van der Waals surface area contributed by atoms with Gasteiger partial charge < -0.3 is 18.9 Å². The van der Waals surface area contributed by atoms with E-state index in [4.69, 9.17) is 18.9 Å². The molecule has 5 atom stereocenters. The Morgan fingerprint density at radius 1 is 0.815 bits per heavy atom. The summed E-state index contributed by atoms with van der Waals surface area (Å²) in [6, 6.07) is 0. The molecule has 6 aliphatic rings. The van der Waals surface area contributed by atoms with E-state index >= 15 is 0 Å². The van der Waals surface area contributed by atoms with Gasteiger partial charge in [0.25, 0.3) is 0 Å². The first-order valence-electron chi connectivity index (χ1n) is 11.3. The smallest absolute Gasteiger partial charge is 0.174 e. The van der Waals surface area contributed by atoms with Crippen LogP contribution in [0.2, 0.25) is 0 Å². The number of hydrogen-bond acceptors (Lipinski definition) is 4. The topological polar surface area (TPSA) is 36.9 Å². The van der Waals surface area contributed by atoms with Crippen molar-refractivity contribution >= 4 is 0 Å². The van der Waals surface area contributed by atoms with Crippen molar-refractivity contribution in [3.05, 3.63) is 11.6 Å². The normalized spacial score (nSPS) is 49.7. The Balaban J connectivity index is 1.32. The Kier molecular flexibility index (Phi) is 3.61. The van der Waals surface area contributed by atoms with E-state index < -0.39 is 0 Å². The molecule has 2 spiro atoms. The van der Waals surface area contributed by atoms with Crippen LogP contribution in [0.5, 0.6) is 0 Å². The summed E-state index contributed by atoms with van der Waals surface area (Å²) in [5, 5.41) is 0. The Labute approximate surface area is 162 Å². The largest absolute Gasteiger partial charge is 0.347 e. The van der Waals surface area contributed by atoms with E-state index in [1.807, 2.05) is 0 Å². The molecule has 2 heterocycles. The molecule has 5 fully saturated rings. The van der Waals surface area contributed by atoms with Crippen molar-refractivity contribution in [3.63, 3.8) is 0 Å². The van der Waals surface area contributed by atoms with Crippen molar-refractivity contribution in [2.45, 2.75) is 76.8 Å². The summed E-state index contributed by atoms with van der Waals surface area (Å²) in [5.74, 6) is 1.73. The van der Waals surface area contributed by atoms with Crippen molar-refractivity contribution in [1.82, 2.24) is 0 Å². The summed E-state index contributed by atoms with van der Waals surface area (Å²) in [5.41, 5.74) is 2.15. The van der Waals surface area contributed by atoms with Gasteiger partial charge in [-0.1, -0.05) is 25.5 Å². The lowest BCUT2D eigenvalue weighted by Gasteiger charge is -2.59. The predicted octanol–water partition coefficient (Wildman–Crippen LogP) is 4.44. The molecule has 150 valence electrons. The molecule has 0 aromatic carbocycles. The summed E-state index contributed by atoms with van der Waals surface area (Å²) < 4.78 is 24.7. The van der Waals surface area contributed by atoms with E-state index in [2.05, 4.69) is 19.9 Å². The van der Waals surface area contributed by atoms with Gasteiger partial charge in [0, 0.05) is 24.7 Å². The molecule has 4 nitrogen and oxygen atoms in total. The molecule has 27 heavy (non-hydrogen) atoms. The highest BCUT2D eigenvalue weighted by Crippen LogP contribution is 2.69. The lowest BCUT2D eigenvalue weighted by Crippen LogP contribution is -2.55. The monoisotopic (exact) mass is 374 g/mol. The Bertz CT molecular complexity index is 659. The van der Waals surface area contributed by atoms with Gasteiger partial charge in [-0.2, -0.15) is 0 Å². The van der Waals surface area contributed by atoms with E-state index in [9.17, 15) is 0 Å². The highest BCUT2D eigenvalue weighted by Gasteiger charge is 2.67. The van der Waals surface area contributed by atoms with Crippen LogP contribution in [0.3, 0.4) is 0 Å². The average molecular weight is 375 g/mol. The lowest BCUT2D eigenvalue weighted by atomic mass is 9.47. The third kappa shape index (κ3) is 2.14. The fourth-order valence-corrected chi connectivity index (χ4v) is 8.23. The van der Waals surface area contributed by atoms with E-state index in [1.54, 1.807) is 5.57 Å². The summed E-state index contributed by atoms with van der Waals surface area (Å²) in [7, 11) is 0. The van der Waals surface area contributed by atoms with Crippen molar-refractivity contribution < 1.29 is 18.9 Å². The van der Waals surface area contributed by atoms with Crippen LogP contribution in [0.25, 0.3) is 0 Å². The van der Waals surface area contributed by atoms with Crippen LogP contribution >= 0.6 is 0 Å². The molecule has 2 saturated heterocycles. The van der Waals surface area contributed by atoms with E-state index in [0.29, 0.717) is 5.41 Å². The molecule has 0 aromatic heterocycles. The fraction of sp³-hybridized carbons (Fsp3) is 0.913. The van der Waals surface area contributed by atoms with Crippen molar-refractivity contribution in [1.29, 1.82) is 0 Å². The lowest BCUT2D eigenvalue weighted by molar-refractivity contribution is -0.243. The second-order valence-corrected chi connectivity index (χ2v) is 10.5. The molecular weight excluding hydrogens is 340 g/mol. The number of ether oxygens (including phenoxy) is 4. The zero-order chi connectivity index (χ0) is 18.3. The fourth-order valence-electron chi connectivity index (χ4n) is 8.23. The highest BCUT2D eigenvalue weighted by atomic mass is 16.7. The third-order valence-electron chi connectivity index (χ3n) is 9.72. The molecule has 0 N–H and O–H groups in total. The van der Waals surface area contributed by atoms with Crippen LogP contribution in [0.15, 0.2) is 11.6 Å². The summed E-state index contributed by atoms with van der Waals surface area (Å²) in [6.45, 7) is 8.11. The van der Waals surface area contributed by atoms with Gasteiger partial charge in [-0.15, -0.1) is 0 Å². The SMILES string of the molecule is CC12CCC3(CC1=CCC1C2CCC2(C)C1CCC21OCCO1)OCCO3. The standard InChI is InChI=1S/C23H34O4/c1-20-9-10-22(24-11-12-25-22)15-16(20)3-4-17-18(20)5-7-21(2)19(17)6-8-23(21)26-13-14-27-23/h3,17-19H,4-15H2,1-2H3. The molecule has 3 saturated carbocycles. The minimum absolute atomic E-state index is 0.194. The predicted molar refractivity (Wildman–Crippen MR) is 101 cm³/mol. The van der Waals surface area contributed by atoms with Gasteiger partial charge in [0.15, 0.2) is 11.6 Å². The van der Waals surface area contributed by atoms with Crippen LogP contribution in [0.4, 0.5) is 0 Å². The van der Waals surface area contributed by atoms with Gasteiger partial charge in [-0.25, -0.2) is 0 Å². The molecule has 6 rings (SSSR count). The number of allylic oxidation sites excluding steroid dienone is 1. The van der Waals surface area contributed by atoms with E-state index in [0.717, 1.165) is 63.4 Å². The number of hydrogen-bond donors (Lipinski definition) is 0. The number of rotatable bonds is 0. The molecular formula is C23H34O4. The first-order valence-corrected chi connectivity index (χ1v) is 11.3. The van der Waals surface area contributed by atoms with Crippen LogP contribution in [0.1, 0.15) is 65.2 Å². The summed E-state index contributed by atoms with van der Waals surface area (Å²) in [4.78, 5) is 0. The quantitative estimate of drug-likeness (QED) is 0.588. The third-order valence-corrected chi connectivity index (χ3v) is 9.72. The first kappa shape index (κ1) is 17.4. The average Bonchev–Trinajstić information content (AvgIpc) is 3.38. The van der Waals surface area contributed by atoms with Crippen molar-refractivity contribution in [3.8, 4) is 0 Å². The van der Waals surface area contributed by atoms with Gasteiger partial charge in [-0.3, -0.25) is 0 Å². The van der Waals surface area contributed by atoms with Gasteiger partial charge in [0.05, 0.1) is 26.4 Å². The molecule has 4 aliphatic carbocycles. The highest BCUT2D eigenvalue weighted by molar-refractivity contribution is 5.27. The maximum atomic E-state index is 6.28. The second-order valence-electron chi connectivity index (χ2n) is 10.5. The minimum Gasteiger partial charge on any atom is -0.347 e. The van der Waals surface area contributed by atoms with E-state index in [1.165, 1.54) is 32.1 Å². The summed E-state index contributed by atoms with van der Waals surface area (Å²) >= 11 is 0. The van der Waals surface area contributed by atoms with E-state index in [-0.39, 0.29) is 17.0 Å². The molecule has 2 aliphatic heterocycles. The van der Waals surface area contributed by atoms with Crippen LogP contribution in [-0.4, -0.2) is 38.0 Å². The molecule has 5 unspecified atom stereocenters. The number of fused-ring (bicyclic) bond motifs is 6. The van der Waals surface area contributed by atoms with Gasteiger partial charge in [-0.05, 0) is 55.3 Å². The van der Waals surface area contributed by atoms with Crippen LogP contribution in [0, 0.1) is 28.6 Å². The Morgan fingerprint density at radius 2 is 1.52 bits per heavy atom. The zero-order valence-corrected chi connectivity index (χ0v) is 16.9. The minimum atomic E-state index is -0.301. The van der Waals surface area contributed by atoms with Crippen molar-refractivity contribution in [2.24, 2.45) is 28.6 Å². The molecule has 0 aromatic rings. The van der Waals surface area contributed by atoms with Crippen LogP contribution < -0.4 is 0 Å².